The first-order valence-corrected chi connectivity index (χ1v) is 12.2. The van der Waals surface area contributed by atoms with Gasteiger partial charge in [-0.2, -0.15) is 5.10 Å². The normalized spacial score (nSPS) is 17.2. The minimum absolute atomic E-state index is 0.238. The van der Waals surface area contributed by atoms with E-state index < -0.39 is 5.54 Å². The van der Waals surface area contributed by atoms with Crippen LogP contribution in [0.15, 0.2) is 72.1 Å². The second-order valence-electron chi connectivity index (χ2n) is 8.83. The second kappa shape index (κ2) is 9.03. The van der Waals surface area contributed by atoms with Crippen LogP contribution >= 0.6 is 11.3 Å². The van der Waals surface area contributed by atoms with Crippen LogP contribution in [0.2, 0.25) is 0 Å². The van der Waals surface area contributed by atoms with Gasteiger partial charge in [0.05, 0.1) is 18.5 Å². The summed E-state index contributed by atoms with van der Waals surface area (Å²) in [7, 11) is 1.62. The SMILES string of the molecule is COc1ccc(CNC(=O)C2(C)Cn3nc(-c4cccs4)cc3C(=O)N2c2ccc(C)cc2)cc1. The molecular formula is C27H26N4O3S. The number of aromatic nitrogens is 2. The third kappa shape index (κ3) is 4.21. The number of carbonyl (C=O) groups is 2. The largest absolute Gasteiger partial charge is 0.497 e. The molecule has 3 heterocycles. The molecule has 1 aliphatic heterocycles. The van der Waals surface area contributed by atoms with Crippen LogP contribution in [0.25, 0.3) is 10.6 Å². The van der Waals surface area contributed by atoms with Crippen LogP contribution in [0.3, 0.4) is 0 Å². The maximum Gasteiger partial charge on any atom is 0.277 e. The molecule has 2 aromatic heterocycles. The Morgan fingerprint density at radius 2 is 1.89 bits per heavy atom. The van der Waals surface area contributed by atoms with Crippen LogP contribution in [0.5, 0.6) is 5.75 Å². The number of nitrogens with zero attached hydrogens (tertiary/aromatic N) is 3. The molecule has 1 N–H and O–H groups in total. The van der Waals surface area contributed by atoms with Gasteiger partial charge in [-0.3, -0.25) is 19.2 Å². The topological polar surface area (TPSA) is 76.5 Å². The fourth-order valence-electron chi connectivity index (χ4n) is 4.34. The third-order valence-electron chi connectivity index (χ3n) is 6.32. The summed E-state index contributed by atoms with van der Waals surface area (Å²) < 4.78 is 6.87. The lowest BCUT2D eigenvalue weighted by Crippen LogP contribution is -2.64. The van der Waals surface area contributed by atoms with Crippen molar-refractivity contribution in [2.75, 3.05) is 12.0 Å². The van der Waals surface area contributed by atoms with E-state index in [1.807, 2.05) is 79.0 Å². The van der Waals surface area contributed by atoms with E-state index in [4.69, 9.17) is 4.74 Å². The van der Waals surface area contributed by atoms with E-state index in [-0.39, 0.29) is 18.4 Å². The van der Waals surface area contributed by atoms with E-state index in [0.717, 1.165) is 27.4 Å². The number of aryl methyl sites for hydroxylation is 1. The van der Waals surface area contributed by atoms with Gasteiger partial charge in [0.15, 0.2) is 0 Å². The Balaban J connectivity index is 1.50. The molecule has 0 saturated carbocycles. The third-order valence-corrected chi connectivity index (χ3v) is 7.21. The number of hydrogen-bond donors (Lipinski definition) is 1. The molecule has 4 aromatic rings. The maximum atomic E-state index is 13.8. The lowest BCUT2D eigenvalue weighted by molar-refractivity contribution is -0.126. The van der Waals surface area contributed by atoms with Crippen molar-refractivity contribution in [3.63, 3.8) is 0 Å². The van der Waals surface area contributed by atoms with Crippen molar-refractivity contribution in [2.24, 2.45) is 0 Å². The lowest BCUT2D eigenvalue weighted by Gasteiger charge is -2.43. The summed E-state index contributed by atoms with van der Waals surface area (Å²) in [6.45, 7) is 4.36. The Hall–Kier alpha value is -3.91. The predicted molar refractivity (Wildman–Crippen MR) is 137 cm³/mol. The molecule has 1 atom stereocenters. The number of fused-ring (bicyclic) bond motifs is 1. The summed E-state index contributed by atoms with van der Waals surface area (Å²) in [6.07, 6.45) is 0. The molecule has 0 radical (unpaired) electrons. The Kier molecular flexibility index (Phi) is 5.90. The van der Waals surface area contributed by atoms with Crippen molar-refractivity contribution in [3.05, 3.63) is 88.9 Å². The molecular weight excluding hydrogens is 460 g/mol. The number of rotatable bonds is 6. The van der Waals surface area contributed by atoms with Crippen LogP contribution in [0.4, 0.5) is 5.69 Å². The van der Waals surface area contributed by atoms with Crippen molar-refractivity contribution in [3.8, 4) is 16.3 Å². The van der Waals surface area contributed by atoms with Crippen LogP contribution in [-0.2, 0) is 17.9 Å². The van der Waals surface area contributed by atoms with Crippen LogP contribution in [0.1, 0.15) is 28.5 Å². The average molecular weight is 487 g/mol. The summed E-state index contributed by atoms with van der Waals surface area (Å²) in [5.41, 5.74) is 2.71. The van der Waals surface area contributed by atoms with Gasteiger partial charge >= 0.3 is 0 Å². The van der Waals surface area contributed by atoms with Crippen molar-refractivity contribution in [2.45, 2.75) is 32.5 Å². The zero-order valence-electron chi connectivity index (χ0n) is 19.8. The summed E-state index contributed by atoms with van der Waals surface area (Å²) in [4.78, 5) is 30.1. The number of amides is 2. The van der Waals surface area contributed by atoms with Gasteiger partial charge in [-0.1, -0.05) is 35.9 Å². The monoisotopic (exact) mass is 486 g/mol. The fourth-order valence-corrected chi connectivity index (χ4v) is 5.02. The number of ether oxygens (including phenoxy) is 1. The summed E-state index contributed by atoms with van der Waals surface area (Å²) in [5, 5.41) is 9.69. The minimum atomic E-state index is -1.18. The number of benzene rings is 2. The lowest BCUT2D eigenvalue weighted by atomic mass is 9.93. The Morgan fingerprint density at radius 3 is 2.54 bits per heavy atom. The van der Waals surface area contributed by atoms with Gasteiger partial charge in [0, 0.05) is 12.2 Å². The first-order chi connectivity index (χ1) is 16.9. The molecule has 0 saturated heterocycles. The molecule has 7 nitrogen and oxygen atoms in total. The maximum absolute atomic E-state index is 13.8. The molecule has 1 unspecified atom stereocenters. The van der Waals surface area contributed by atoms with Gasteiger partial charge in [0.25, 0.3) is 5.91 Å². The highest BCUT2D eigenvalue weighted by atomic mass is 32.1. The summed E-state index contributed by atoms with van der Waals surface area (Å²) in [5.74, 6) is 0.252. The van der Waals surface area contributed by atoms with E-state index >= 15 is 0 Å². The van der Waals surface area contributed by atoms with E-state index in [1.54, 1.807) is 35.0 Å². The Bertz CT molecular complexity index is 1360. The zero-order valence-corrected chi connectivity index (χ0v) is 20.6. The summed E-state index contributed by atoms with van der Waals surface area (Å²) >= 11 is 1.57. The van der Waals surface area contributed by atoms with E-state index in [9.17, 15) is 9.59 Å². The van der Waals surface area contributed by atoms with Gasteiger partial charge in [0.1, 0.15) is 22.7 Å². The number of nitrogens with one attached hydrogen (secondary N) is 1. The molecule has 35 heavy (non-hydrogen) atoms. The van der Waals surface area contributed by atoms with Gasteiger partial charge < -0.3 is 10.1 Å². The van der Waals surface area contributed by atoms with Crippen molar-refractivity contribution < 1.29 is 14.3 Å². The molecule has 0 fully saturated rings. The molecule has 5 rings (SSSR count). The zero-order chi connectivity index (χ0) is 24.6. The number of hydrogen-bond acceptors (Lipinski definition) is 5. The number of anilines is 1. The number of thiophene rings is 1. The van der Waals surface area contributed by atoms with Crippen molar-refractivity contribution in [1.29, 1.82) is 0 Å². The molecule has 0 bridgehead atoms. The van der Waals surface area contributed by atoms with Gasteiger partial charge in [-0.25, -0.2) is 0 Å². The van der Waals surface area contributed by atoms with Crippen LogP contribution < -0.4 is 15.0 Å². The van der Waals surface area contributed by atoms with Crippen LogP contribution in [-0.4, -0.2) is 34.2 Å². The van der Waals surface area contributed by atoms with Gasteiger partial charge in [-0.15, -0.1) is 11.3 Å². The van der Waals surface area contributed by atoms with E-state index in [0.29, 0.717) is 17.9 Å². The molecule has 0 spiro atoms. The minimum Gasteiger partial charge on any atom is -0.497 e. The quantitative estimate of drug-likeness (QED) is 0.430. The smallest absolute Gasteiger partial charge is 0.277 e. The molecule has 1 aliphatic rings. The highest BCUT2D eigenvalue weighted by Crippen LogP contribution is 2.35. The molecule has 2 amide bonds. The molecule has 0 aliphatic carbocycles. The van der Waals surface area contributed by atoms with Crippen molar-refractivity contribution in [1.82, 2.24) is 15.1 Å². The Labute approximate surface area is 208 Å². The first kappa shape index (κ1) is 22.9. The highest BCUT2D eigenvalue weighted by molar-refractivity contribution is 7.13. The summed E-state index contributed by atoms with van der Waals surface area (Å²) in [6, 6.07) is 20.9. The van der Waals surface area contributed by atoms with E-state index in [1.165, 1.54) is 0 Å². The number of methoxy groups -OCH3 is 1. The standard InChI is InChI=1S/C27H26N4O3S/c1-18-6-10-20(11-7-18)31-25(32)23-15-22(24-5-4-14-35-24)29-30(23)17-27(31,2)26(33)28-16-19-8-12-21(34-3)13-9-19/h4-15H,16-17H2,1-3H3,(H,28,33). The Morgan fingerprint density at radius 1 is 1.14 bits per heavy atom. The van der Waals surface area contributed by atoms with E-state index in [2.05, 4.69) is 10.4 Å². The first-order valence-electron chi connectivity index (χ1n) is 11.3. The van der Waals surface area contributed by atoms with Crippen LogP contribution in [0, 0.1) is 6.92 Å². The number of carbonyl (C=O) groups excluding carboxylic acids is 2. The molecule has 2 aromatic carbocycles. The predicted octanol–water partition coefficient (Wildman–Crippen LogP) is 4.66. The van der Waals surface area contributed by atoms with Gasteiger partial charge in [0.2, 0.25) is 5.91 Å². The second-order valence-corrected chi connectivity index (χ2v) is 9.78. The molecule has 8 heteroatoms. The van der Waals surface area contributed by atoms with Crippen molar-refractivity contribution >= 4 is 28.8 Å². The molecule has 178 valence electrons. The average Bonchev–Trinajstić information content (AvgIpc) is 3.54. The fraction of sp³-hybridized carbons (Fsp3) is 0.222. The highest BCUT2D eigenvalue weighted by Gasteiger charge is 2.48. The van der Waals surface area contributed by atoms with Gasteiger partial charge in [-0.05, 0) is 61.2 Å².